The second kappa shape index (κ2) is 5.05. The first-order chi connectivity index (χ1) is 10.7. The fraction of sp³-hybridized carbons (Fsp3) is 0.278. The van der Waals surface area contributed by atoms with E-state index in [1.165, 1.54) is 23.8 Å². The number of rotatable bonds is 3. The summed E-state index contributed by atoms with van der Waals surface area (Å²) in [6, 6.07) is 8.26. The van der Waals surface area contributed by atoms with Gasteiger partial charge in [0.1, 0.15) is 11.6 Å². The quantitative estimate of drug-likeness (QED) is 0.734. The molecule has 110 valence electrons. The lowest BCUT2D eigenvalue weighted by Gasteiger charge is -2.10. The maximum Gasteiger partial charge on any atom is 0.125 e. The zero-order chi connectivity index (χ0) is 15.1. The maximum absolute atomic E-state index is 5.36. The van der Waals surface area contributed by atoms with E-state index >= 15 is 0 Å². The molecule has 1 aliphatic rings. The minimum absolute atomic E-state index is 0.641. The Morgan fingerprint density at radius 3 is 2.55 bits per heavy atom. The van der Waals surface area contributed by atoms with Crippen LogP contribution >= 0.6 is 0 Å². The van der Waals surface area contributed by atoms with Gasteiger partial charge in [0.05, 0.1) is 18.3 Å². The average Bonchev–Trinajstić information content (AvgIpc) is 3.39. The molecular weight excluding hydrogens is 274 g/mol. The Labute approximate surface area is 129 Å². The van der Waals surface area contributed by atoms with Crippen LogP contribution in [0.2, 0.25) is 0 Å². The molecule has 4 nitrogen and oxygen atoms in total. The van der Waals surface area contributed by atoms with Gasteiger partial charge >= 0.3 is 0 Å². The average molecular weight is 291 g/mol. The standard InChI is InChI=1S/C18H17N3O/c1-11-19-9-13(10-20-11)18-8-15(12-3-4-12)16-7-14(22-2)5-6-17(16)21-18/h5-10,12H,3-4H2,1-2H3. The molecule has 0 radical (unpaired) electrons. The van der Waals surface area contributed by atoms with Gasteiger partial charge in [0, 0.05) is 23.3 Å². The van der Waals surface area contributed by atoms with Crippen LogP contribution in [-0.2, 0) is 0 Å². The second-order valence-corrected chi connectivity index (χ2v) is 5.77. The predicted molar refractivity (Wildman–Crippen MR) is 86.0 cm³/mol. The van der Waals surface area contributed by atoms with Crippen LogP contribution < -0.4 is 4.74 Å². The molecule has 0 unspecified atom stereocenters. The van der Waals surface area contributed by atoms with E-state index in [0.29, 0.717) is 5.92 Å². The zero-order valence-electron chi connectivity index (χ0n) is 12.7. The van der Waals surface area contributed by atoms with E-state index in [4.69, 9.17) is 9.72 Å². The van der Waals surface area contributed by atoms with Gasteiger partial charge in [0.15, 0.2) is 0 Å². The summed E-state index contributed by atoms with van der Waals surface area (Å²) in [5.41, 5.74) is 4.27. The Morgan fingerprint density at radius 2 is 1.86 bits per heavy atom. The fourth-order valence-corrected chi connectivity index (χ4v) is 2.76. The number of nitrogens with zero attached hydrogens (tertiary/aromatic N) is 3. The zero-order valence-corrected chi connectivity index (χ0v) is 12.7. The van der Waals surface area contributed by atoms with E-state index < -0.39 is 0 Å². The summed E-state index contributed by atoms with van der Waals surface area (Å²) >= 11 is 0. The number of methoxy groups -OCH3 is 1. The van der Waals surface area contributed by atoms with Gasteiger partial charge in [-0.05, 0) is 55.5 Å². The Kier molecular flexibility index (Phi) is 3.03. The molecule has 2 aromatic heterocycles. The third kappa shape index (κ3) is 2.30. The van der Waals surface area contributed by atoms with Crippen LogP contribution in [0, 0.1) is 6.92 Å². The third-order valence-corrected chi connectivity index (χ3v) is 4.14. The molecule has 0 N–H and O–H groups in total. The monoisotopic (exact) mass is 291 g/mol. The second-order valence-electron chi connectivity index (χ2n) is 5.77. The van der Waals surface area contributed by atoms with Crippen molar-refractivity contribution in [2.75, 3.05) is 7.11 Å². The molecule has 0 bridgehead atoms. The first-order valence-electron chi connectivity index (χ1n) is 7.52. The summed E-state index contributed by atoms with van der Waals surface area (Å²) in [6.45, 7) is 1.89. The highest BCUT2D eigenvalue weighted by Gasteiger charge is 2.26. The number of hydrogen-bond donors (Lipinski definition) is 0. The van der Waals surface area contributed by atoms with Gasteiger partial charge in [0.2, 0.25) is 0 Å². The van der Waals surface area contributed by atoms with E-state index in [2.05, 4.69) is 22.1 Å². The molecule has 1 aliphatic carbocycles. The van der Waals surface area contributed by atoms with Crippen molar-refractivity contribution in [3.63, 3.8) is 0 Å². The molecule has 1 fully saturated rings. The van der Waals surface area contributed by atoms with Crippen molar-refractivity contribution in [1.82, 2.24) is 15.0 Å². The lowest BCUT2D eigenvalue weighted by molar-refractivity contribution is 0.415. The van der Waals surface area contributed by atoms with Crippen molar-refractivity contribution in [2.45, 2.75) is 25.7 Å². The lowest BCUT2D eigenvalue weighted by atomic mass is 10.0. The minimum Gasteiger partial charge on any atom is -0.497 e. The highest BCUT2D eigenvalue weighted by molar-refractivity contribution is 5.87. The molecule has 3 aromatic rings. The van der Waals surface area contributed by atoms with Crippen molar-refractivity contribution in [3.05, 3.63) is 48.0 Å². The fourth-order valence-electron chi connectivity index (χ4n) is 2.76. The topological polar surface area (TPSA) is 47.9 Å². The van der Waals surface area contributed by atoms with Crippen LogP contribution in [0.3, 0.4) is 0 Å². The minimum atomic E-state index is 0.641. The molecule has 1 aromatic carbocycles. The van der Waals surface area contributed by atoms with Gasteiger partial charge in [-0.25, -0.2) is 15.0 Å². The van der Waals surface area contributed by atoms with Crippen molar-refractivity contribution in [1.29, 1.82) is 0 Å². The van der Waals surface area contributed by atoms with Crippen LogP contribution in [0.4, 0.5) is 0 Å². The van der Waals surface area contributed by atoms with Gasteiger partial charge in [0.25, 0.3) is 0 Å². The van der Waals surface area contributed by atoms with Gasteiger partial charge in [-0.3, -0.25) is 0 Å². The van der Waals surface area contributed by atoms with Crippen molar-refractivity contribution >= 4 is 10.9 Å². The summed E-state index contributed by atoms with van der Waals surface area (Å²) < 4.78 is 5.36. The summed E-state index contributed by atoms with van der Waals surface area (Å²) in [5, 5.41) is 1.19. The number of hydrogen-bond acceptors (Lipinski definition) is 4. The van der Waals surface area contributed by atoms with Gasteiger partial charge in [-0.1, -0.05) is 0 Å². The Hall–Kier alpha value is -2.49. The van der Waals surface area contributed by atoms with Crippen molar-refractivity contribution < 1.29 is 4.74 Å². The van der Waals surface area contributed by atoms with E-state index in [-0.39, 0.29) is 0 Å². The molecular formula is C18H17N3O. The molecule has 0 aliphatic heterocycles. The summed E-state index contributed by atoms with van der Waals surface area (Å²) in [6.07, 6.45) is 6.19. The summed E-state index contributed by atoms with van der Waals surface area (Å²) in [7, 11) is 1.70. The Balaban J connectivity index is 1.92. The number of aryl methyl sites for hydroxylation is 1. The summed E-state index contributed by atoms with van der Waals surface area (Å²) in [4.78, 5) is 13.3. The van der Waals surface area contributed by atoms with Gasteiger partial charge in [-0.15, -0.1) is 0 Å². The largest absolute Gasteiger partial charge is 0.497 e. The lowest BCUT2D eigenvalue weighted by Crippen LogP contribution is -1.94. The van der Waals surface area contributed by atoms with Crippen LogP contribution in [-0.4, -0.2) is 22.1 Å². The molecule has 4 heteroatoms. The molecule has 22 heavy (non-hydrogen) atoms. The molecule has 0 amide bonds. The number of ether oxygens (including phenoxy) is 1. The normalized spacial score (nSPS) is 14.3. The molecule has 0 atom stereocenters. The van der Waals surface area contributed by atoms with Crippen molar-refractivity contribution in [2.24, 2.45) is 0 Å². The van der Waals surface area contributed by atoms with Crippen LogP contribution in [0.1, 0.15) is 30.1 Å². The van der Waals surface area contributed by atoms with Crippen LogP contribution in [0.25, 0.3) is 22.2 Å². The molecule has 4 rings (SSSR count). The molecule has 1 saturated carbocycles. The van der Waals surface area contributed by atoms with Crippen molar-refractivity contribution in [3.8, 4) is 17.0 Å². The number of pyridine rings is 1. The smallest absolute Gasteiger partial charge is 0.125 e. The predicted octanol–water partition coefficient (Wildman–Crippen LogP) is 3.89. The van der Waals surface area contributed by atoms with Gasteiger partial charge in [-0.2, -0.15) is 0 Å². The van der Waals surface area contributed by atoms with E-state index in [1.807, 2.05) is 31.5 Å². The van der Waals surface area contributed by atoms with E-state index in [9.17, 15) is 0 Å². The van der Waals surface area contributed by atoms with Crippen LogP contribution in [0.5, 0.6) is 5.75 Å². The van der Waals surface area contributed by atoms with Crippen LogP contribution in [0.15, 0.2) is 36.7 Å². The van der Waals surface area contributed by atoms with Gasteiger partial charge < -0.3 is 4.74 Å². The van der Waals surface area contributed by atoms with E-state index in [1.54, 1.807) is 7.11 Å². The molecule has 2 heterocycles. The Morgan fingerprint density at radius 1 is 1.09 bits per heavy atom. The highest BCUT2D eigenvalue weighted by Crippen LogP contribution is 2.44. The molecule has 0 saturated heterocycles. The summed E-state index contributed by atoms with van der Waals surface area (Å²) in [5.74, 6) is 2.29. The Bertz CT molecular complexity index is 839. The maximum atomic E-state index is 5.36. The SMILES string of the molecule is COc1ccc2nc(-c3cnc(C)nc3)cc(C3CC3)c2c1. The first-order valence-corrected chi connectivity index (χ1v) is 7.52. The number of benzene rings is 1. The third-order valence-electron chi connectivity index (χ3n) is 4.14. The van der Waals surface area contributed by atoms with E-state index in [0.717, 1.165) is 28.3 Å². The molecule has 0 spiro atoms. The number of aromatic nitrogens is 3. The number of fused-ring (bicyclic) bond motifs is 1. The first kappa shape index (κ1) is 13.2. The highest BCUT2D eigenvalue weighted by atomic mass is 16.5.